The van der Waals surface area contributed by atoms with Crippen LogP contribution in [0.3, 0.4) is 0 Å². The second-order valence-electron chi connectivity index (χ2n) is 11.0. The smallest absolute Gasteiger partial charge is 0.265 e. The maximum absolute atomic E-state index is 11.9. The van der Waals surface area contributed by atoms with Crippen LogP contribution in [0.5, 0.6) is 0 Å². The van der Waals surface area contributed by atoms with Crippen molar-refractivity contribution in [1.29, 1.82) is 0 Å². The van der Waals surface area contributed by atoms with Gasteiger partial charge in [0.15, 0.2) is 0 Å². The van der Waals surface area contributed by atoms with Crippen LogP contribution in [0.2, 0.25) is 0 Å². The first-order valence-electron chi connectivity index (χ1n) is 12.5. The number of oxime groups is 1. The number of piperidine rings is 1. The van der Waals surface area contributed by atoms with Crippen molar-refractivity contribution in [1.82, 2.24) is 4.90 Å². The van der Waals surface area contributed by atoms with Crippen LogP contribution in [0, 0.1) is 16.7 Å². The molecule has 1 heterocycles. The molecule has 2 bridgehead atoms. The molecule has 0 radical (unpaired) electrons. The highest BCUT2D eigenvalue weighted by Crippen LogP contribution is 2.64. The fourth-order valence-electron chi connectivity index (χ4n) is 6.59. The minimum absolute atomic E-state index is 0.0152. The Balaban J connectivity index is 0.000000179. The SMILES string of the molecule is CC1(C)[C@@H]2CC[C@@]1(CS(=O)(=O)O)C(=O)C2.CN1[C@H](c2ccccc2)CC(=NO)C[C@H]1c1ccccc1. The van der Waals surface area contributed by atoms with E-state index >= 15 is 0 Å². The monoisotopic (exact) mass is 512 g/mol. The predicted molar refractivity (Wildman–Crippen MR) is 140 cm³/mol. The van der Waals surface area contributed by atoms with E-state index in [0.717, 1.165) is 25.0 Å². The molecule has 0 unspecified atom stereocenters. The zero-order chi connectivity index (χ0) is 26.1. The average molecular weight is 513 g/mol. The maximum atomic E-state index is 11.9. The standard InChI is InChI=1S/C18H20N2O.C10H16O4S/c1-20-17(14-8-4-2-5-9-14)12-16(19-21)13-18(20)15-10-6-3-7-11-15;1-9(2)7-3-4-10(9,8(11)5-7)6-15(12,13)14/h2-11,17-18,21H,12-13H2,1H3;7H,3-6H2,1-2H3,(H,12,13,14)/t17-,18-;7-,10-/m01/s1. The van der Waals surface area contributed by atoms with Gasteiger partial charge in [-0.05, 0) is 42.3 Å². The second-order valence-corrected chi connectivity index (χ2v) is 12.4. The summed E-state index contributed by atoms with van der Waals surface area (Å²) in [4.78, 5) is 14.3. The molecular formula is C28H36N2O5S. The summed E-state index contributed by atoms with van der Waals surface area (Å²) in [6.45, 7) is 3.89. The quantitative estimate of drug-likeness (QED) is 0.327. The Hall–Kier alpha value is -2.55. The number of hydrogen-bond acceptors (Lipinski definition) is 6. The number of fused-ring (bicyclic) bond motifs is 2. The van der Waals surface area contributed by atoms with E-state index in [2.05, 4.69) is 65.6 Å². The topological polar surface area (TPSA) is 107 Å². The molecule has 2 aliphatic carbocycles. The van der Waals surface area contributed by atoms with Gasteiger partial charge in [0.1, 0.15) is 5.78 Å². The zero-order valence-electron chi connectivity index (χ0n) is 21.2. The molecule has 5 rings (SSSR count). The molecule has 0 amide bonds. The predicted octanol–water partition coefficient (Wildman–Crippen LogP) is 5.29. The van der Waals surface area contributed by atoms with Crippen LogP contribution in [-0.4, -0.2) is 47.4 Å². The summed E-state index contributed by atoms with van der Waals surface area (Å²) in [5, 5.41) is 12.8. The molecule has 2 aromatic carbocycles. The van der Waals surface area contributed by atoms with E-state index in [-0.39, 0.29) is 29.2 Å². The number of Topliss-reactive ketones (excluding diaryl/α,β-unsaturated/α-hetero) is 1. The summed E-state index contributed by atoms with van der Waals surface area (Å²) in [7, 11) is -1.92. The van der Waals surface area contributed by atoms with Crippen molar-refractivity contribution >= 4 is 21.6 Å². The van der Waals surface area contributed by atoms with Gasteiger partial charge in [0, 0.05) is 31.3 Å². The zero-order valence-corrected chi connectivity index (χ0v) is 22.0. The van der Waals surface area contributed by atoms with Gasteiger partial charge >= 0.3 is 0 Å². The van der Waals surface area contributed by atoms with Crippen molar-refractivity contribution in [3.05, 3.63) is 71.8 Å². The minimum atomic E-state index is -4.08. The first kappa shape index (κ1) is 26.5. The van der Waals surface area contributed by atoms with E-state index in [4.69, 9.17) is 4.55 Å². The van der Waals surface area contributed by atoms with Crippen molar-refractivity contribution in [3.63, 3.8) is 0 Å². The summed E-state index contributed by atoms with van der Waals surface area (Å²) in [5.41, 5.74) is 2.28. The van der Waals surface area contributed by atoms with E-state index in [1.54, 1.807) is 0 Å². The normalized spacial score (nSPS) is 29.5. The number of nitrogens with zero attached hydrogens (tertiary/aromatic N) is 2. The van der Waals surface area contributed by atoms with Gasteiger partial charge in [-0.1, -0.05) is 79.7 Å². The largest absolute Gasteiger partial charge is 0.411 e. The first-order valence-corrected chi connectivity index (χ1v) is 14.1. The third kappa shape index (κ3) is 4.99. The summed E-state index contributed by atoms with van der Waals surface area (Å²) < 4.78 is 31.0. The Labute approximate surface area is 214 Å². The third-order valence-electron chi connectivity index (χ3n) is 8.92. The van der Waals surface area contributed by atoms with E-state index < -0.39 is 21.3 Å². The Kier molecular flexibility index (Phi) is 7.42. The van der Waals surface area contributed by atoms with Crippen LogP contribution in [0.4, 0.5) is 0 Å². The number of rotatable bonds is 4. The van der Waals surface area contributed by atoms with Crippen LogP contribution in [0.15, 0.2) is 65.8 Å². The van der Waals surface area contributed by atoms with Gasteiger partial charge in [-0.15, -0.1) is 0 Å². The number of ketones is 1. The average Bonchev–Trinajstić information content (AvgIpc) is 3.19. The number of benzene rings is 2. The van der Waals surface area contributed by atoms with Crippen molar-refractivity contribution in [2.24, 2.45) is 21.9 Å². The van der Waals surface area contributed by atoms with Gasteiger partial charge in [-0.3, -0.25) is 14.2 Å². The Morgan fingerprint density at radius 2 is 1.44 bits per heavy atom. The number of hydrogen-bond donors (Lipinski definition) is 2. The van der Waals surface area contributed by atoms with Gasteiger partial charge in [0.25, 0.3) is 10.1 Å². The van der Waals surface area contributed by atoms with Crippen molar-refractivity contribution in [2.45, 2.75) is 58.0 Å². The second kappa shape index (κ2) is 10.1. The molecule has 0 aromatic heterocycles. The van der Waals surface area contributed by atoms with E-state index in [1.807, 2.05) is 26.0 Å². The van der Waals surface area contributed by atoms with E-state index in [0.29, 0.717) is 12.8 Å². The third-order valence-corrected chi connectivity index (χ3v) is 9.78. The molecule has 36 heavy (non-hydrogen) atoms. The molecule has 2 aromatic rings. The summed E-state index contributed by atoms with van der Waals surface area (Å²) in [5.74, 6) is -0.101. The minimum Gasteiger partial charge on any atom is -0.411 e. The molecular weight excluding hydrogens is 476 g/mol. The molecule has 1 aliphatic heterocycles. The molecule has 0 spiro atoms. The lowest BCUT2D eigenvalue weighted by atomic mass is 9.70. The van der Waals surface area contributed by atoms with E-state index in [1.165, 1.54) is 11.1 Å². The summed E-state index contributed by atoms with van der Waals surface area (Å²) in [6, 6.07) is 21.4. The molecule has 7 nitrogen and oxygen atoms in total. The fraction of sp³-hybridized carbons (Fsp3) is 0.500. The maximum Gasteiger partial charge on any atom is 0.265 e. The molecule has 2 N–H and O–H groups in total. The van der Waals surface area contributed by atoms with Crippen LogP contribution in [0.1, 0.15) is 69.2 Å². The molecule has 3 aliphatic rings. The summed E-state index contributed by atoms with van der Waals surface area (Å²) >= 11 is 0. The van der Waals surface area contributed by atoms with Gasteiger partial charge in [0.2, 0.25) is 0 Å². The first-order chi connectivity index (χ1) is 17.0. The van der Waals surface area contributed by atoms with Gasteiger partial charge in [-0.2, -0.15) is 8.42 Å². The highest BCUT2D eigenvalue weighted by molar-refractivity contribution is 7.85. The molecule has 194 valence electrons. The lowest BCUT2D eigenvalue weighted by Gasteiger charge is -2.40. The van der Waals surface area contributed by atoms with Crippen LogP contribution in [0.25, 0.3) is 0 Å². The van der Waals surface area contributed by atoms with Crippen LogP contribution >= 0.6 is 0 Å². The number of carbonyl (C=O) groups excluding carboxylic acids is 1. The summed E-state index contributed by atoms with van der Waals surface area (Å²) in [6.07, 6.45) is 3.53. The van der Waals surface area contributed by atoms with Crippen molar-refractivity contribution in [2.75, 3.05) is 12.8 Å². The fourth-order valence-corrected chi connectivity index (χ4v) is 7.89. The van der Waals surface area contributed by atoms with E-state index in [9.17, 15) is 18.4 Å². The highest BCUT2D eigenvalue weighted by Gasteiger charge is 2.65. The van der Waals surface area contributed by atoms with Gasteiger partial charge in [-0.25, -0.2) is 0 Å². The lowest BCUT2D eigenvalue weighted by molar-refractivity contribution is -0.128. The lowest BCUT2D eigenvalue weighted by Crippen LogP contribution is -2.42. The van der Waals surface area contributed by atoms with Gasteiger partial charge in [0.05, 0.1) is 16.9 Å². The highest BCUT2D eigenvalue weighted by atomic mass is 32.2. The van der Waals surface area contributed by atoms with Crippen LogP contribution < -0.4 is 0 Å². The number of likely N-dealkylation sites (tertiary alicyclic amines) is 1. The number of carbonyl (C=O) groups is 1. The molecule has 8 heteroatoms. The molecule has 2 saturated carbocycles. The Morgan fingerprint density at radius 3 is 1.81 bits per heavy atom. The molecule has 3 fully saturated rings. The Morgan fingerprint density at radius 1 is 0.944 bits per heavy atom. The van der Waals surface area contributed by atoms with Crippen molar-refractivity contribution < 1.29 is 23.0 Å². The van der Waals surface area contributed by atoms with Crippen LogP contribution in [-0.2, 0) is 14.9 Å². The Bertz CT molecular complexity index is 1160. The van der Waals surface area contributed by atoms with Crippen molar-refractivity contribution in [3.8, 4) is 0 Å². The molecule has 1 saturated heterocycles. The molecule has 4 atom stereocenters. The van der Waals surface area contributed by atoms with Gasteiger partial charge < -0.3 is 5.21 Å².